The second-order valence-electron chi connectivity index (χ2n) is 28.0. The minimum absolute atomic E-state index is 0.0527. The largest absolute Gasteiger partial charge is 0.472 e. The lowest BCUT2D eigenvalue weighted by Gasteiger charge is -2.19. The Morgan fingerprint density at radius 1 is 0.320 bits per heavy atom. The van der Waals surface area contributed by atoms with Crippen LogP contribution >= 0.6 is 7.82 Å². The van der Waals surface area contributed by atoms with Gasteiger partial charge in [-0.1, -0.05) is 400 Å². The summed E-state index contributed by atoms with van der Waals surface area (Å²) in [5.41, 5.74) is 5.42. The molecule has 0 rings (SSSR count). The molecule has 0 aromatic carbocycles. The van der Waals surface area contributed by atoms with Crippen molar-refractivity contribution in [1.29, 1.82) is 0 Å². The molecule has 0 aromatic rings. The highest BCUT2D eigenvalue weighted by Gasteiger charge is 2.26. The summed E-state index contributed by atoms with van der Waals surface area (Å²) in [6, 6.07) is 0. The highest BCUT2D eigenvalue weighted by atomic mass is 31.2. The van der Waals surface area contributed by atoms with Gasteiger partial charge in [0, 0.05) is 19.4 Å². The molecule has 0 heterocycles. The van der Waals surface area contributed by atoms with Gasteiger partial charge in [0.1, 0.15) is 6.61 Å². The summed E-state index contributed by atoms with van der Waals surface area (Å²) in [5, 5.41) is 0. The maximum absolute atomic E-state index is 12.8. The number of nitrogens with two attached hydrogens (primary N) is 1. The van der Waals surface area contributed by atoms with Gasteiger partial charge in [-0.2, -0.15) is 0 Å². The number of esters is 2. The zero-order valence-electron chi connectivity index (χ0n) is 63.8. The summed E-state index contributed by atoms with van der Waals surface area (Å²) in [5.74, 6) is -0.811. The van der Waals surface area contributed by atoms with Crippen molar-refractivity contribution in [2.75, 3.05) is 26.4 Å². The smallest absolute Gasteiger partial charge is 0.462 e. The number of unbranched alkanes of at least 4 members (excludes halogenated alkanes) is 50. The van der Waals surface area contributed by atoms with Gasteiger partial charge in [0.25, 0.3) is 0 Å². The molecule has 9 nitrogen and oxygen atoms in total. The predicted octanol–water partition coefficient (Wildman–Crippen LogP) is 28.2. The van der Waals surface area contributed by atoms with E-state index in [4.69, 9.17) is 24.3 Å². The number of carbonyl (C=O) groups excluding carboxylic acids is 2. The summed E-state index contributed by atoms with van der Waals surface area (Å²) >= 11 is 0. The lowest BCUT2D eigenvalue weighted by molar-refractivity contribution is -0.161. The second kappa shape index (κ2) is 81.9. The molecular formula is C87H158NO8P. The molecule has 0 bridgehead atoms. The van der Waals surface area contributed by atoms with E-state index in [-0.39, 0.29) is 38.6 Å². The third-order valence-electron chi connectivity index (χ3n) is 18.5. The highest BCUT2D eigenvalue weighted by Crippen LogP contribution is 2.43. The molecule has 0 fully saturated rings. The Morgan fingerprint density at radius 3 is 0.856 bits per heavy atom. The average molecular weight is 1380 g/mol. The second-order valence-corrected chi connectivity index (χ2v) is 29.4. The zero-order chi connectivity index (χ0) is 70.0. The third-order valence-corrected chi connectivity index (χ3v) is 19.4. The SMILES string of the molecule is CC/C=C\C/C=C\C/C=C\C/C=C\C/C=C\C/C=C\C/C=C\CCCCCCCCCCCCCCCCCC(=O)OC(COC(=O)CCCCCCCCCCCCCCCCCCCCCCCCCCCCC/C=C\CCCCCCCCCC)COP(=O)(O)OCCN. The van der Waals surface area contributed by atoms with Crippen molar-refractivity contribution in [2.45, 2.75) is 418 Å². The summed E-state index contributed by atoms with van der Waals surface area (Å²) in [7, 11) is -4.40. The quantitative estimate of drug-likeness (QED) is 0.0264. The number of phosphoric ester groups is 1. The van der Waals surface area contributed by atoms with Crippen molar-refractivity contribution in [3.63, 3.8) is 0 Å². The van der Waals surface area contributed by atoms with E-state index in [2.05, 4.69) is 111 Å². The van der Waals surface area contributed by atoms with Crippen LogP contribution in [0.3, 0.4) is 0 Å². The van der Waals surface area contributed by atoms with E-state index >= 15 is 0 Å². The Bertz CT molecular complexity index is 1920. The van der Waals surface area contributed by atoms with Crippen molar-refractivity contribution in [3.8, 4) is 0 Å². The molecule has 10 heteroatoms. The van der Waals surface area contributed by atoms with E-state index in [0.717, 1.165) is 83.5 Å². The molecular weight excluding hydrogens is 1220 g/mol. The summed E-state index contributed by atoms with van der Waals surface area (Å²) in [6.45, 7) is 3.69. The number of allylic oxidation sites excluding steroid dienone is 16. The lowest BCUT2D eigenvalue weighted by atomic mass is 10.0. The van der Waals surface area contributed by atoms with E-state index in [0.29, 0.717) is 6.42 Å². The molecule has 0 radical (unpaired) electrons. The Kier molecular flexibility index (Phi) is 79.3. The lowest BCUT2D eigenvalue weighted by Crippen LogP contribution is -2.29. The van der Waals surface area contributed by atoms with Gasteiger partial charge in [-0.15, -0.1) is 0 Å². The van der Waals surface area contributed by atoms with Crippen molar-refractivity contribution in [2.24, 2.45) is 5.73 Å². The number of ether oxygens (including phenoxy) is 2. The van der Waals surface area contributed by atoms with Gasteiger partial charge in [-0.3, -0.25) is 18.6 Å². The number of hydrogen-bond donors (Lipinski definition) is 2. The molecule has 3 N–H and O–H groups in total. The first kappa shape index (κ1) is 93.9. The van der Waals surface area contributed by atoms with Crippen LogP contribution in [0, 0.1) is 0 Å². The van der Waals surface area contributed by atoms with Crippen LogP contribution in [0.25, 0.3) is 0 Å². The minimum Gasteiger partial charge on any atom is -0.462 e. The Labute approximate surface area is 601 Å². The normalized spacial score (nSPS) is 13.3. The van der Waals surface area contributed by atoms with Gasteiger partial charge >= 0.3 is 19.8 Å². The van der Waals surface area contributed by atoms with Gasteiger partial charge in [-0.05, 0) is 96.3 Å². The molecule has 0 amide bonds. The van der Waals surface area contributed by atoms with Crippen LogP contribution < -0.4 is 5.73 Å². The topological polar surface area (TPSA) is 134 Å². The first-order chi connectivity index (χ1) is 47.8. The molecule has 564 valence electrons. The fourth-order valence-corrected chi connectivity index (χ4v) is 13.1. The van der Waals surface area contributed by atoms with Gasteiger partial charge in [0.2, 0.25) is 0 Å². The molecule has 0 aromatic heterocycles. The minimum atomic E-state index is -4.40. The maximum Gasteiger partial charge on any atom is 0.472 e. The van der Waals surface area contributed by atoms with Gasteiger partial charge in [0.15, 0.2) is 6.10 Å². The average Bonchev–Trinajstić information content (AvgIpc) is 2.17. The van der Waals surface area contributed by atoms with E-state index < -0.39 is 26.5 Å². The molecule has 0 saturated heterocycles. The van der Waals surface area contributed by atoms with E-state index in [1.165, 1.54) is 295 Å². The fraction of sp³-hybridized carbons (Fsp3) is 0.793. The fourth-order valence-electron chi connectivity index (χ4n) is 12.3. The number of carbonyl (C=O) groups is 2. The van der Waals surface area contributed by atoms with Crippen LogP contribution in [0.15, 0.2) is 97.2 Å². The van der Waals surface area contributed by atoms with Gasteiger partial charge in [0.05, 0.1) is 13.2 Å². The first-order valence-corrected chi connectivity index (χ1v) is 43.2. The van der Waals surface area contributed by atoms with Gasteiger partial charge in [-0.25, -0.2) is 4.57 Å². The maximum atomic E-state index is 12.8. The molecule has 0 aliphatic carbocycles. The van der Waals surface area contributed by atoms with E-state index in [1.807, 2.05) is 0 Å². The predicted molar refractivity (Wildman–Crippen MR) is 422 cm³/mol. The van der Waals surface area contributed by atoms with Gasteiger partial charge < -0.3 is 20.1 Å². The summed E-state index contributed by atoms with van der Waals surface area (Å²) in [4.78, 5) is 35.5. The van der Waals surface area contributed by atoms with E-state index in [9.17, 15) is 19.0 Å². The zero-order valence-corrected chi connectivity index (χ0v) is 64.7. The number of rotatable bonds is 79. The van der Waals surface area contributed by atoms with Crippen molar-refractivity contribution in [1.82, 2.24) is 0 Å². The van der Waals surface area contributed by atoms with Crippen molar-refractivity contribution in [3.05, 3.63) is 97.2 Å². The van der Waals surface area contributed by atoms with Crippen LogP contribution in [0.2, 0.25) is 0 Å². The Hall–Kier alpha value is -3.07. The molecule has 2 unspecified atom stereocenters. The van der Waals surface area contributed by atoms with Crippen LogP contribution in [0.1, 0.15) is 412 Å². The summed E-state index contributed by atoms with van der Waals surface area (Å²) in [6.07, 6.45) is 113. The molecule has 97 heavy (non-hydrogen) atoms. The Balaban J connectivity index is 3.77. The molecule has 0 spiro atoms. The van der Waals surface area contributed by atoms with Crippen LogP contribution in [0.5, 0.6) is 0 Å². The van der Waals surface area contributed by atoms with Crippen LogP contribution in [-0.4, -0.2) is 49.3 Å². The highest BCUT2D eigenvalue weighted by molar-refractivity contribution is 7.47. The van der Waals surface area contributed by atoms with Crippen molar-refractivity contribution >= 4 is 19.8 Å². The number of hydrogen-bond acceptors (Lipinski definition) is 8. The molecule has 0 saturated carbocycles. The third kappa shape index (κ3) is 81.8. The van der Waals surface area contributed by atoms with Crippen molar-refractivity contribution < 1.29 is 37.6 Å². The number of phosphoric acid groups is 1. The monoisotopic (exact) mass is 1380 g/mol. The first-order valence-electron chi connectivity index (χ1n) is 41.7. The molecule has 0 aliphatic rings. The molecule has 0 aliphatic heterocycles. The van der Waals surface area contributed by atoms with Crippen LogP contribution in [-0.2, 0) is 32.7 Å². The Morgan fingerprint density at radius 2 is 0.567 bits per heavy atom. The summed E-state index contributed by atoms with van der Waals surface area (Å²) < 4.78 is 33.3. The van der Waals surface area contributed by atoms with Crippen LogP contribution in [0.4, 0.5) is 0 Å². The molecule has 2 atom stereocenters. The standard InChI is InChI=1S/C87H158NO8P/c1-3-5-7-9-11-13-15-17-19-21-23-25-27-29-31-33-35-37-39-41-42-44-45-47-49-51-53-55-57-59-61-63-65-67-69-71-73-75-77-79-86(89)93-83-85(84-95-97(91,92)94-82-81-88)96-87(90)80-78-76-74-72-70-68-66-64-62-60-58-56-54-52-50-48-46-43-40-38-36-34-32-30-28-26-24-22-20-18-16-14-12-10-8-6-4-2/h6,8,12,14,18,20-21,23-24,26,30,32,36,38,43,46,85H,3-5,7,9-11,13,15-17,19,22,25,27-29,31,33-35,37,39-42,44-45,47-84,88H2,1-2H3,(H,91,92)/b8-6-,14-12-,20-18-,23-21-,26-24-,32-30-,38-36-,46-43-. The van der Waals surface area contributed by atoms with E-state index in [1.54, 1.807) is 0 Å².